The van der Waals surface area contributed by atoms with Crippen LogP contribution in [0.1, 0.15) is 11.3 Å². The van der Waals surface area contributed by atoms with Crippen LogP contribution in [0.15, 0.2) is 35.2 Å². The van der Waals surface area contributed by atoms with Gasteiger partial charge in [0.2, 0.25) is 0 Å². The van der Waals surface area contributed by atoms with E-state index in [2.05, 4.69) is 4.98 Å². The van der Waals surface area contributed by atoms with Crippen LogP contribution in [0.4, 0.5) is 4.39 Å². The first-order valence-electron chi connectivity index (χ1n) is 5.45. The van der Waals surface area contributed by atoms with Gasteiger partial charge in [0.05, 0.1) is 11.2 Å². The zero-order valence-corrected chi connectivity index (χ0v) is 10.8. The molecule has 0 aliphatic rings. The predicted octanol–water partition coefficient (Wildman–Crippen LogP) is 3.92. The maximum Gasteiger partial charge on any atom is 0.123 e. The summed E-state index contributed by atoms with van der Waals surface area (Å²) < 4.78 is 13.1. The van der Waals surface area contributed by atoms with Gasteiger partial charge in [-0.05, 0) is 36.5 Å². The summed E-state index contributed by atoms with van der Waals surface area (Å²) in [5.74, 6) is 0.679. The largest absolute Gasteiger partial charge is 0.250 e. The fourth-order valence-corrected chi connectivity index (χ4v) is 2.60. The molecule has 0 saturated heterocycles. The molecule has 2 rings (SSSR count). The van der Waals surface area contributed by atoms with E-state index in [1.807, 2.05) is 17.0 Å². The molecule has 0 amide bonds. The summed E-state index contributed by atoms with van der Waals surface area (Å²) in [6.45, 7) is 0. The van der Waals surface area contributed by atoms with E-state index in [1.54, 1.807) is 23.5 Å². The fourth-order valence-electron chi connectivity index (χ4n) is 1.81. The van der Waals surface area contributed by atoms with Crippen molar-refractivity contribution in [2.75, 3.05) is 5.88 Å². The van der Waals surface area contributed by atoms with Gasteiger partial charge in [0.1, 0.15) is 5.82 Å². The molecule has 4 heteroatoms. The Morgan fingerprint density at radius 2 is 2.24 bits per heavy atom. The molecular formula is C13H13ClFNS. The fraction of sp³-hybridized carbons (Fsp3) is 0.308. The van der Waals surface area contributed by atoms with Crippen molar-refractivity contribution in [3.05, 3.63) is 52.2 Å². The number of rotatable bonds is 5. The minimum absolute atomic E-state index is 0.190. The minimum atomic E-state index is -0.190. The summed E-state index contributed by atoms with van der Waals surface area (Å²) in [6, 6.07) is 6.70. The molecule has 1 unspecified atom stereocenters. The average molecular weight is 270 g/mol. The van der Waals surface area contributed by atoms with Crippen LogP contribution in [0.3, 0.4) is 0 Å². The van der Waals surface area contributed by atoms with Crippen molar-refractivity contribution >= 4 is 22.9 Å². The highest BCUT2D eigenvalue weighted by Crippen LogP contribution is 2.17. The summed E-state index contributed by atoms with van der Waals surface area (Å²) in [6.07, 6.45) is 1.64. The van der Waals surface area contributed by atoms with Gasteiger partial charge in [0.15, 0.2) is 0 Å². The highest BCUT2D eigenvalue weighted by molar-refractivity contribution is 7.07. The third kappa shape index (κ3) is 3.79. The molecule has 0 bridgehead atoms. The Kier molecular flexibility index (Phi) is 4.51. The van der Waals surface area contributed by atoms with Crippen molar-refractivity contribution in [2.45, 2.75) is 12.8 Å². The molecule has 0 spiro atoms. The molecule has 0 radical (unpaired) electrons. The van der Waals surface area contributed by atoms with Crippen molar-refractivity contribution in [3.8, 4) is 0 Å². The smallest absolute Gasteiger partial charge is 0.123 e. The third-order valence-electron chi connectivity index (χ3n) is 2.61. The van der Waals surface area contributed by atoms with Gasteiger partial charge >= 0.3 is 0 Å². The van der Waals surface area contributed by atoms with Gasteiger partial charge in [-0.2, -0.15) is 0 Å². The van der Waals surface area contributed by atoms with Crippen molar-refractivity contribution < 1.29 is 4.39 Å². The molecule has 0 aliphatic carbocycles. The maximum absolute atomic E-state index is 13.1. The molecule has 2 aromatic rings. The van der Waals surface area contributed by atoms with Gasteiger partial charge in [-0.3, -0.25) is 0 Å². The summed E-state index contributed by atoms with van der Waals surface area (Å²) in [7, 11) is 0. The number of nitrogens with zero attached hydrogens (tertiary/aromatic N) is 1. The molecule has 1 nitrogen and oxygen atoms in total. The van der Waals surface area contributed by atoms with E-state index in [1.165, 1.54) is 6.07 Å². The highest BCUT2D eigenvalue weighted by Gasteiger charge is 2.11. The van der Waals surface area contributed by atoms with Gasteiger partial charge in [-0.25, -0.2) is 9.37 Å². The van der Waals surface area contributed by atoms with E-state index >= 15 is 0 Å². The summed E-state index contributed by atoms with van der Waals surface area (Å²) in [5, 5.41) is 2.03. The zero-order valence-electron chi connectivity index (χ0n) is 9.27. The average Bonchev–Trinajstić information content (AvgIpc) is 2.81. The number of benzene rings is 1. The molecule has 0 saturated carbocycles. The van der Waals surface area contributed by atoms with Crippen LogP contribution >= 0.6 is 22.9 Å². The van der Waals surface area contributed by atoms with Crippen molar-refractivity contribution in [1.82, 2.24) is 4.98 Å². The SMILES string of the molecule is Fc1cccc(CC(CCl)Cc2cscn2)c1. The number of hydrogen-bond donors (Lipinski definition) is 0. The van der Waals surface area contributed by atoms with Crippen molar-refractivity contribution in [2.24, 2.45) is 5.92 Å². The third-order valence-corrected chi connectivity index (χ3v) is 3.68. The Morgan fingerprint density at radius 1 is 1.35 bits per heavy atom. The zero-order chi connectivity index (χ0) is 12.1. The van der Waals surface area contributed by atoms with Crippen LogP contribution in [0.2, 0.25) is 0 Å². The first-order chi connectivity index (χ1) is 8.28. The number of halogens is 2. The van der Waals surface area contributed by atoms with Crippen LogP contribution in [0.25, 0.3) is 0 Å². The number of thiazole rings is 1. The summed E-state index contributed by atoms with van der Waals surface area (Å²) >= 11 is 7.54. The number of alkyl halides is 1. The second-order valence-corrected chi connectivity index (χ2v) is 5.07. The Morgan fingerprint density at radius 3 is 2.88 bits per heavy atom. The second kappa shape index (κ2) is 6.12. The van der Waals surface area contributed by atoms with Crippen molar-refractivity contribution in [3.63, 3.8) is 0 Å². The minimum Gasteiger partial charge on any atom is -0.250 e. The van der Waals surface area contributed by atoms with Crippen LogP contribution < -0.4 is 0 Å². The van der Waals surface area contributed by atoms with Gasteiger partial charge in [-0.15, -0.1) is 22.9 Å². The lowest BCUT2D eigenvalue weighted by Crippen LogP contribution is -2.10. The predicted molar refractivity (Wildman–Crippen MR) is 70.1 cm³/mol. The van der Waals surface area contributed by atoms with Crippen LogP contribution in [-0.4, -0.2) is 10.9 Å². The van der Waals surface area contributed by atoms with Gasteiger partial charge in [-0.1, -0.05) is 12.1 Å². The summed E-state index contributed by atoms with van der Waals surface area (Å²) in [5.41, 5.74) is 3.88. The quantitative estimate of drug-likeness (QED) is 0.750. The molecule has 90 valence electrons. The molecule has 1 atom stereocenters. The van der Waals surface area contributed by atoms with Gasteiger partial charge in [0.25, 0.3) is 0 Å². The molecule has 0 fully saturated rings. The van der Waals surface area contributed by atoms with E-state index in [0.29, 0.717) is 11.8 Å². The monoisotopic (exact) mass is 269 g/mol. The number of aromatic nitrogens is 1. The topological polar surface area (TPSA) is 12.9 Å². The lowest BCUT2D eigenvalue weighted by atomic mass is 9.97. The molecule has 1 heterocycles. The van der Waals surface area contributed by atoms with E-state index in [0.717, 1.165) is 24.1 Å². The van der Waals surface area contributed by atoms with E-state index < -0.39 is 0 Å². The highest BCUT2D eigenvalue weighted by atomic mass is 35.5. The molecule has 0 N–H and O–H groups in total. The lowest BCUT2D eigenvalue weighted by molar-refractivity contribution is 0.571. The van der Waals surface area contributed by atoms with E-state index in [4.69, 9.17) is 11.6 Å². The molecule has 1 aromatic carbocycles. The van der Waals surface area contributed by atoms with Crippen LogP contribution in [-0.2, 0) is 12.8 Å². The Hall–Kier alpha value is -0.930. The van der Waals surface area contributed by atoms with Crippen LogP contribution in [0.5, 0.6) is 0 Å². The first-order valence-corrected chi connectivity index (χ1v) is 6.93. The van der Waals surface area contributed by atoms with E-state index in [9.17, 15) is 4.39 Å². The Labute approximate surface area is 109 Å². The van der Waals surface area contributed by atoms with E-state index in [-0.39, 0.29) is 5.82 Å². The van der Waals surface area contributed by atoms with Crippen molar-refractivity contribution in [1.29, 1.82) is 0 Å². The molecule has 17 heavy (non-hydrogen) atoms. The Balaban J connectivity index is 2.00. The molecular weight excluding hydrogens is 257 g/mol. The molecule has 0 aliphatic heterocycles. The number of hydrogen-bond acceptors (Lipinski definition) is 2. The summed E-state index contributed by atoms with van der Waals surface area (Å²) in [4.78, 5) is 4.25. The molecule has 1 aromatic heterocycles. The van der Waals surface area contributed by atoms with Gasteiger partial charge in [0, 0.05) is 11.3 Å². The lowest BCUT2D eigenvalue weighted by Gasteiger charge is -2.12. The maximum atomic E-state index is 13.1. The normalized spacial score (nSPS) is 12.6. The first kappa shape index (κ1) is 12.5. The second-order valence-electron chi connectivity index (χ2n) is 4.04. The van der Waals surface area contributed by atoms with Crippen LogP contribution in [0, 0.1) is 11.7 Å². The Bertz CT molecular complexity index is 458. The van der Waals surface area contributed by atoms with Gasteiger partial charge < -0.3 is 0 Å². The standard InChI is InChI=1S/C13H13ClFNS/c14-7-11(6-13-8-17-9-16-13)4-10-2-1-3-12(15)5-10/h1-3,5,8-9,11H,4,6-7H2.